The van der Waals surface area contributed by atoms with Gasteiger partial charge in [-0.3, -0.25) is 0 Å². The van der Waals surface area contributed by atoms with Crippen LogP contribution in [0.2, 0.25) is 0 Å². The predicted octanol–water partition coefficient (Wildman–Crippen LogP) is 5.68. The second kappa shape index (κ2) is 11.4. The average Bonchev–Trinajstić information content (AvgIpc) is 3.24. The molecule has 3 aromatic carbocycles. The van der Waals surface area contributed by atoms with E-state index in [2.05, 4.69) is 0 Å². The lowest BCUT2D eigenvalue weighted by Crippen LogP contribution is -2.29. The van der Waals surface area contributed by atoms with Gasteiger partial charge in [-0.15, -0.1) is 11.8 Å². The summed E-state index contributed by atoms with van der Waals surface area (Å²) < 4.78 is 17.0. The van der Waals surface area contributed by atoms with Crippen LogP contribution in [0.25, 0.3) is 0 Å². The summed E-state index contributed by atoms with van der Waals surface area (Å²) >= 11 is 1.33. The van der Waals surface area contributed by atoms with E-state index in [1.807, 2.05) is 57.2 Å². The SMILES string of the molecule is Cc1ccc(C(=O)OC[C@H]2SC(OC(=O)c3ccc(C)cc3)C[C@H]2OC(=O)c2ccc(C)cc2)cc1. The van der Waals surface area contributed by atoms with Crippen LogP contribution in [-0.4, -0.2) is 41.3 Å². The molecule has 0 aliphatic carbocycles. The molecule has 0 spiro atoms. The van der Waals surface area contributed by atoms with E-state index in [0.717, 1.165) is 16.7 Å². The second-order valence-corrected chi connectivity index (χ2v) is 10.3. The van der Waals surface area contributed by atoms with Crippen molar-refractivity contribution < 1.29 is 28.6 Å². The molecule has 1 aliphatic heterocycles. The lowest BCUT2D eigenvalue weighted by atomic mass is 10.1. The van der Waals surface area contributed by atoms with Gasteiger partial charge in [0, 0.05) is 6.42 Å². The zero-order valence-corrected chi connectivity index (χ0v) is 21.2. The van der Waals surface area contributed by atoms with Crippen molar-refractivity contribution in [3.8, 4) is 0 Å². The van der Waals surface area contributed by atoms with Gasteiger partial charge in [-0.2, -0.15) is 0 Å². The molecule has 3 aromatic rings. The summed E-state index contributed by atoms with van der Waals surface area (Å²) in [5.41, 5.74) is 3.90. The number of ether oxygens (including phenoxy) is 3. The molecule has 1 fully saturated rings. The molecule has 0 saturated carbocycles. The summed E-state index contributed by atoms with van der Waals surface area (Å²) in [5.74, 6) is -1.38. The number of carbonyl (C=O) groups excluding carboxylic acids is 3. The predicted molar refractivity (Wildman–Crippen MR) is 138 cm³/mol. The Balaban J connectivity index is 1.43. The molecule has 186 valence electrons. The Labute approximate surface area is 215 Å². The Morgan fingerprint density at radius 1 is 0.667 bits per heavy atom. The van der Waals surface area contributed by atoms with Gasteiger partial charge in [-0.1, -0.05) is 53.1 Å². The van der Waals surface area contributed by atoms with Gasteiger partial charge in [0.1, 0.15) is 12.7 Å². The quantitative estimate of drug-likeness (QED) is 0.302. The number of aryl methyl sites for hydroxylation is 3. The van der Waals surface area contributed by atoms with E-state index < -0.39 is 29.4 Å². The van der Waals surface area contributed by atoms with E-state index in [9.17, 15) is 14.4 Å². The highest BCUT2D eigenvalue weighted by Crippen LogP contribution is 2.38. The van der Waals surface area contributed by atoms with Gasteiger partial charge in [0.05, 0.1) is 21.9 Å². The first kappa shape index (κ1) is 25.5. The number of thioether (sulfide) groups is 1. The number of benzene rings is 3. The van der Waals surface area contributed by atoms with Gasteiger partial charge in [0.2, 0.25) is 0 Å². The van der Waals surface area contributed by atoms with Gasteiger partial charge in [-0.25, -0.2) is 14.4 Å². The van der Waals surface area contributed by atoms with E-state index in [1.165, 1.54) is 11.8 Å². The minimum absolute atomic E-state index is 0.0157. The summed E-state index contributed by atoms with van der Waals surface area (Å²) in [4.78, 5) is 38.0. The summed E-state index contributed by atoms with van der Waals surface area (Å²) in [6.07, 6.45) is -0.294. The van der Waals surface area contributed by atoms with Crippen LogP contribution >= 0.6 is 11.8 Å². The molecule has 0 bridgehead atoms. The van der Waals surface area contributed by atoms with Crippen LogP contribution in [0.1, 0.15) is 54.2 Å². The number of esters is 3. The van der Waals surface area contributed by atoms with Crippen molar-refractivity contribution in [1.82, 2.24) is 0 Å². The highest BCUT2D eigenvalue weighted by atomic mass is 32.2. The van der Waals surface area contributed by atoms with Crippen molar-refractivity contribution in [2.24, 2.45) is 0 Å². The number of rotatable bonds is 7. The lowest BCUT2D eigenvalue weighted by molar-refractivity contribution is 0.0136. The fourth-order valence-electron chi connectivity index (χ4n) is 3.73. The van der Waals surface area contributed by atoms with Crippen molar-refractivity contribution in [1.29, 1.82) is 0 Å². The third kappa shape index (κ3) is 6.55. The highest BCUT2D eigenvalue weighted by Gasteiger charge is 2.41. The normalized spacial score (nSPS) is 18.9. The molecule has 6 nitrogen and oxygen atoms in total. The van der Waals surface area contributed by atoms with Crippen molar-refractivity contribution in [3.63, 3.8) is 0 Å². The monoisotopic (exact) mass is 504 g/mol. The van der Waals surface area contributed by atoms with E-state index in [1.54, 1.807) is 36.4 Å². The summed E-state index contributed by atoms with van der Waals surface area (Å²) in [6.45, 7) is 5.84. The molecule has 0 radical (unpaired) electrons. The zero-order chi connectivity index (χ0) is 25.7. The number of hydrogen-bond donors (Lipinski definition) is 0. The largest absolute Gasteiger partial charge is 0.461 e. The van der Waals surface area contributed by atoms with Gasteiger partial charge < -0.3 is 14.2 Å². The minimum Gasteiger partial charge on any atom is -0.461 e. The Morgan fingerprint density at radius 2 is 1.08 bits per heavy atom. The lowest BCUT2D eigenvalue weighted by Gasteiger charge is -2.19. The summed E-state index contributed by atoms with van der Waals surface area (Å²) in [6, 6.07) is 21.3. The first-order chi connectivity index (χ1) is 17.3. The maximum Gasteiger partial charge on any atom is 0.339 e. The molecule has 1 saturated heterocycles. The van der Waals surface area contributed by atoms with Gasteiger partial charge in [0.25, 0.3) is 0 Å². The van der Waals surface area contributed by atoms with Crippen LogP contribution in [0.15, 0.2) is 72.8 Å². The molecule has 0 N–H and O–H groups in total. The molecule has 1 aliphatic rings. The standard InChI is InChI=1S/C29H28O6S/c1-18-4-10-21(11-5-18)27(30)33-17-25-24(34-28(31)22-12-6-19(2)7-13-22)16-26(36-25)35-29(32)23-14-8-20(3)9-15-23/h4-15,24-26H,16-17H2,1-3H3/t24-,25-,26?/m1/s1. The number of hydrogen-bond acceptors (Lipinski definition) is 7. The maximum atomic E-state index is 12.8. The zero-order valence-electron chi connectivity index (χ0n) is 20.4. The van der Waals surface area contributed by atoms with Crippen molar-refractivity contribution in [2.75, 3.05) is 6.61 Å². The Kier molecular flexibility index (Phi) is 8.10. The van der Waals surface area contributed by atoms with E-state index >= 15 is 0 Å². The van der Waals surface area contributed by atoms with Gasteiger partial charge in [0.15, 0.2) is 5.44 Å². The van der Waals surface area contributed by atoms with Crippen LogP contribution < -0.4 is 0 Å². The summed E-state index contributed by atoms with van der Waals surface area (Å²) in [5, 5.41) is -0.385. The van der Waals surface area contributed by atoms with Crippen molar-refractivity contribution in [3.05, 3.63) is 106 Å². The first-order valence-corrected chi connectivity index (χ1v) is 12.7. The molecule has 1 heterocycles. The molecule has 0 aromatic heterocycles. The van der Waals surface area contributed by atoms with E-state index in [0.29, 0.717) is 23.1 Å². The topological polar surface area (TPSA) is 78.9 Å². The maximum absolute atomic E-state index is 12.8. The molecule has 4 rings (SSSR count). The molecule has 3 atom stereocenters. The fourth-order valence-corrected chi connectivity index (χ4v) is 5.05. The van der Waals surface area contributed by atoms with E-state index in [4.69, 9.17) is 14.2 Å². The third-order valence-electron chi connectivity index (χ3n) is 5.90. The Bertz CT molecular complexity index is 1220. The van der Waals surface area contributed by atoms with Crippen LogP contribution in [-0.2, 0) is 14.2 Å². The highest BCUT2D eigenvalue weighted by molar-refractivity contribution is 8.00. The van der Waals surface area contributed by atoms with Crippen molar-refractivity contribution in [2.45, 2.75) is 44.0 Å². The van der Waals surface area contributed by atoms with Crippen LogP contribution in [0.4, 0.5) is 0 Å². The summed E-state index contributed by atoms with van der Waals surface area (Å²) in [7, 11) is 0. The molecule has 7 heteroatoms. The van der Waals surface area contributed by atoms with Crippen molar-refractivity contribution >= 4 is 29.7 Å². The Morgan fingerprint density at radius 3 is 1.56 bits per heavy atom. The molecular weight excluding hydrogens is 476 g/mol. The van der Waals surface area contributed by atoms with Crippen LogP contribution in [0, 0.1) is 20.8 Å². The van der Waals surface area contributed by atoms with Gasteiger partial charge in [-0.05, 0) is 57.2 Å². The van der Waals surface area contributed by atoms with Crippen LogP contribution in [0.3, 0.4) is 0 Å². The second-order valence-electron chi connectivity index (χ2n) is 8.89. The fraction of sp³-hybridized carbons (Fsp3) is 0.276. The van der Waals surface area contributed by atoms with E-state index in [-0.39, 0.29) is 11.9 Å². The third-order valence-corrected chi connectivity index (χ3v) is 7.28. The first-order valence-electron chi connectivity index (χ1n) is 11.7. The smallest absolute Gasteiger partial charge is 0.339 e. The molecule has 1 unspecified atom stereocenters. The Hall–Kier alpha value is -3.58. The van der Waals surface area contributed by atoms with Gasteiger partial charge >= 0.3 is 17.9 Å². The molecule has 0 amide bonds. The molecule has 36 heavy (non-hydrogen) atoms. The minimum atomic E-state index is -0.592. The molecular formula is C29H28O6S. The average molecular weight is 505 g/mol. The van der Waals surface area contributed by atoms with Crippen LogP contribution in [0.5, 0.6) is 0 Å². The number of carbonyl (C=O) groups is 3.